The molecule has 1 saturated heterocycles. The molecule has 2 rings (SSSR count). The van der Waals surface area contributed by atoms with Crippen LogP contribution in [0.5, 0.6) is 0 Å². The number of nitrogens with zero attached hydrogens (tertiary/aromatic N) is 1. The summed E-state index contributed by atoms with van der Waals surface area (Å²) in [6.07, 6.45) is 0.500. The van der Waals surface area contributed by atoms with E-state index in [9.17, 15) is 17.2 Å². The zero-order chi connectivity index (χ0) is 14.9. The highest BCUT2D eigenvalue weighted by Gasteiger charge is 2.33. The Morgan fingerprint density at radius 2 is 2.15 bits per heavy atom. The number of rotatable bonds is 4. The van der Waals surface area contributed by atoms with E-state index in [-0.39, 0.29) is 12.2 Å². The van der Waals surface area contributed by atoms with Crippen LogP contribution in [-0.4, -0.2) is 44.1 Å². The van der Waals surface area contributed by atoms with Gasteiger partial charge in [0.2, 0.25) is 10.0 Å². The highest BCUT2D eigenvalue weighted by molar-refractivity contribution is 7.89. The van der Waals surface area contributed by atoms with Crippen LogP contribution in [0, 0.1) is 11.6 Å². The van der Waals surface area contributed by atoms with Crippen molar-refractivity contribution in [2.45, 2.75) is 24.0 Å². The lowest BCUT2D eigenvalue weighted by Gasteiger charge is -2.23. The average Bonchev–Trinajstić information content (AvgIpc) is 2.94. The minimum atomic E-state index is -4.18. The lowest BCUT2D eigenvalue weighted by Crippen LogP contribution is -2.37. The molecule has 0 aromatic heterocycles. The molecule has 0 bridgehead atoms. The Morgan fingerprint density at radius 3 is 2.70 bits per heavy atom. The number of hydrogen-bond donors (Lipinski definition) is 1. The molecule has 1 heterocycles. The van der Waals surface area contributed by atoms with Crippen molar-refractivity contribution in [2.75, 3.05) is 20.3 Å². The first-order valence-electron chi connectivity index (χ1n) is 6.02. The fourth-order valence-corrected chi connectivity index (χ4v) is 3.55. The Bertz CT molecular complexity index is 600. The van der Waals surface area contributed by atoms with E-state index in [1.54, 1.807) is 0 Å². The first-order chi connectivity index (χ1) is 9.37. The number of sulfonamides is 1. The van der Waals surface area contributed by atoms with Gasteiger partial charge in [-0.15, -0.1) is 0 Å². The number of ether oxygens (including phenoxy) is 1. The molecule has 1 aliphatic heterocycles. The van der Waals surface area contributed by atoms with Crippen molar-refractivity contribution in [1.82, 2.24) is 4.31 Å². The van der Waals surface area contributed by atoms with Crippen molar-refractivity contribution in [3.8, 4) is 0 Å². The van der Waals surface area contributed by atoms with Gasteiger partial charge in [-0.2, -0.15) is 4.31 Å². The molecule has 1 fully saturated rings. The number of benzene rings is 1. The largest absolute Gasteiger partial charge is 0.392 e. The first kappa shape index (κ1) is 15.3. The fraction of sp³-hybridized carbons (Fsp3) is 0.500. The van der Waals surface area contributed by atoms with Crippen molar-refractivity contribution >= 4 is 10.0 Å². The summed E-state index contributed by atoms with van der Waals surface area (Å²) in [5.41, 5.74) is -0.00135. The van der Waals surface area contributed by atoms with Gasteiger partial charge in [-0.05, 0) is 24.1 Å². The summed E-state index contributed by atoms with van der Waals surface area (Å²) in [4.78, 5) is -0.768. The first-order valence-corrected chi connectivity index (χ1v) is 7.46. The van der Waals surface area contributed by atoms with Crippen LogP contribution >= 0.6 is 0 Å². The maximum atomic E-state index is 13.8. The molecule has 8 heteroatoms. The van der Waals surface area contributed by atoms with E-state index in [0.717, 1.165) is 16.4 Å². The maximum absolute atomic E-state index is 13.8. The molecule has 5 nitrogen and oxygen atoms in total. The highest BCUT2D eigenvalue weighted by atomic mass is 32.2. The summed E-state index contributed by atoms with van der Waals surface area (Å²) in [5, 5.41) is 8.98. The van der Waals surface area contributed by atoms with Crippen LogP contribution in [0.1, 0.15) is 12.0 Å². The number of aliphatic hydroxyl groups is 1. The van der Waals surface area contributed by atoms with Gasteiger partial charge < -0.3 is 9.84 Å². The highest BCUT2D eigenvalue weighted by Crippen LogP contribution is 2.25. The normalized spacial score (nSPS) is 19.8. The molecule has 1 unspecified atom stereocenters. The minimum Gasteiger partial charge on any atom is -0.392 e. The van der Waals surface area contributed by atoms with Crippen molar-refractivity contribution in [3.63, 3.8) is 0 Å². The summed E-state index contributed by atoms with van der Waals surface area (Å²) in [6, 6.07) is 1.31. The Morgan fingerprint density at radius 1 is 1.45 bits per heavy atom. The van der Waals surface area contributed by atoms with E-state index >= 15 is 0 Å². The second-order valence-corrected chi connectivity index (χ2v) is 6.55. The topological polar surface area (TPSA) is 66.8 Å². The number of hydrogen-bond acceptors (Lipinski definition) is 4. The van der Waals surface area contributed by atoms with Gasteiger partial charge >= 0.3 is 0 Å². The van der Waals surface area contributed by atoms with Crippen LogP contribution in [0.25, 0.3) is 0 Å². The Labute approximate surface area is 115 Å². The van der Waals surface area contributed by atoms with Gasteiger partial charge in [0.15, 0.2) is 11.6 Å². The van der Waals surface area contributed by atoms with E-state index in [0.29, 0.717) is 13.0 Å². The van der Waals surface area contributed by atoms with Gasteiger partial charge in [0.05, 0.1) is 19.3 Å². The minimum absolute atomic E-state index is 0.00135. The van der Waals surface area contributed by atoms with Crippen molar-refractivity contribution < 1.29 is 27.0 Å². The lowest BCUT2D eigenvalue weighted by molar-refractivity contribution is 0.180. The molecule has 0 amide bonds. The number of aliphatic hydroxyl groups excluding tert-OH is 1. The van der Waals surface area contributed by atoms with E-state index in [1.807, 2.05) is 0 Å². The van der Waals surface area contributed by atoms with Crippen LogP contribution in [0.3, 0.4) is 0 Å². The molecule has 1 aliphatic rings. The number of halogens is 2. The molecule has 1 N–H and O–H groups in total. The third-order valence-electron chi connectivity index (χ3n) is 3.31. The molecule has 1 aromatic carbocycles. The molecular formula is C12H15F2NO4S. The smallest absolute Gasteiger partial charge is 0.246 e. The Balaban J connectivity index is 2.45. The monoisotopic (exact) mass is 307 g/mol. The van der Waals surface area contributed by atoms with Crippen molar-refractivity contribution in [2.24, 2.45) is 0 Å². The molecule has 1 aromatic rings. The van der Waals surface area contributed by atoms with Gasteiger partial charge in [0.1, 0.15) is 4.90 Å². The van der Waals surface area contributed by atoms with Crippen LogP contribution in [0.15, 0.2) is 17.0 Å². The zero-order valence-electron chi connectivity index (χ0n) is 10.8. The maximum Gasteiger partial charge on any atom is 0.246 e. The zero-order valence-corrected chi connectivity index (χ0v) is 11.7. The third-order valence-corrected chi connectivity index (χ3v) is 5.22. The molecule has 20 heavy (non-hydrogen) atoms. The predicted molar refractivity (Wildman–Crippen MR) is 66.5 cm³/mol. The lowest BCUT2D eigenvalue weighted by atomic mass is 10.2. The Hall–Kier alpha value is -1.09. The summed E-state index contributed by atoms with van der Waals surface area (Å²) >= 11 is 0. The number of likely N-dealkylation sites (N-methyl/N-ethyl adjacent to an activating group) is 1. The van der Waals surface area contributed by atoms with Gasteiger partial charge in [-0.25, -0.2) is 17.2 Å². The quantitative estimate of drug-likeness (QED) is 0.896. The Kier molecular flexibility index (Phi) is 4.38. The molecular weight excluding hydrogens is 292 g/mol. The molecule has 0 radical (unpaired) electrons. The second kappa shape index (κ2) is 5.72. The van der Waals surface area contributed by atoms with Gasteiger partial charge in [0.25, 0.3) is 0 Å². The van der Waals surface area contributed by atoms with Crippen LogP contribution in [0.2, 0.25) is 0 Å². The summed E-state index contributed by atoms with van der Waals surface area (Å²) in [7, 11) is -2.88. The van der Waals surface area contributed by atoms with Gasteiger partial charge in [-0.1, -0.05) is 0 Å². The SMILES string of the molecule is CN(C1CCOC1)S(=O)(=O)c1cc(CO)cc(F)c1F. The predicted octanol–water partition coefficient (Wildman–Crippen LogP) is 0.867. The average molecular weight is 307 g/mol. The van der Waals surface area contributed by atoms with Crippen LogP contribution in [-0.2, 0) is 21.4 Å². The molecule has 1 atom stereocenters. The third kappa shape index (κ3) is 2.69. The van der Waals surface area contributed by atoms with Gasteiger partial charge in [0, 0.05) is 13.7 Å². The molecule has 0 saturated carbocycles. The summed E-state index contributed by atoms with van der Waals surface area (Å²) in [5.74, 6) is -2.74. The van der Waals surface area contributed by atoms with Crippen LogP contribution < -0.4 is 0 Å². The fourth-order valence-electron chi connectivity index (χ4n) is 2.06. The standard InChI is InChI=1S/C12H15F2NO4S/c1-15(9-2-3-19-7-9)20(17,18)11-5-8(6-16)4-10(13)12(11)14/h4-5,9,16H,2-3,6-7H2,1H3. The van der Waals surface area contributed by atoms with E-state index < -0.39 is 39.2 Å². The molecule has 0 spiro atoms. The van der Waals surface area contributed by atoms with E-state index in [2.05, 4.69) is 0 Å². The van der Waals surface area contributed by atoms with E-state index in [1.165, 1.54) is 7.05 Å². The van der Waals surface area contributed by atoms with Gasteiger partial charge in [-0.3, -0.25) is 0 Å². The van der Waals surface area contributed by atoms with Crippen molar-refractivity contribution in [1.29, 1.82) is 0 Å². The van der Waals surface area contributed by atoms with Crippen LogP contribution in [0.4, 0.5) is 8.78 Å². The molecule has 112 valence electrons. The summed E-state index contributed by atoms with van der Waals surface area (Å²) in [6.45, 7) is 0.0769. The van der Waals surface area contributed by atoms with E-state index in [4.69, 9.17) is 9.84 Å². The van der Waals surface area contributed by atoms with Crippen molar-refractivity contribution in [3.05, 3.63) is 29.3 Å². The second-order valence-electron chi connectivity index (χ2n) is 4.59. The summed E-state index contributed by atoms with van der Waals surface area (Å²) < 4.78 is 57.9. The molecule has 0 aliphatic carbocycles.